The summed E-state index contributed by atoms with van der Waals surface area (Å²) >= 11 is 3.15. The molecular formula is C10H14BrN3O5S2. The normalized spacial score (nSPS) is 13.1. The van der Waals surface area contributed by atoms with E-state index in [1.54, 1.807) is 0 Å². The van der Waals surface area contributed by atoms with Crippen LogP contribution in [-0.2, 0) is 19.9 Å². The third kappa shape index (κ3) is 5.89. The number of halogens is 1. The Bertz CT molecular complexity index is 759. The fourth-order valence-corrected chi connectivity index (χ4v) is 4.61. The highest BCUT2D eigenvalue weighted by molar-refractivity contribution is 9.10. The minimum Gasteiger partial charge on any atom is -0.409 e. The maximum absolute atomic E-state index is 11.8. The van der Waals surface area contributed by atoms with Crippen LogP contribution in [-0.4, -0.2) is 45.6 Å². The van der Waals surface area contributed by atoms with Gasteiger partial charge in [-0.25, -0.2) is 16.8 Å². The van der Waals surface area contributed by atoms with Crippen LogP contribution < -0.4 is 10.5 Å². The molecule has 4 N–H and O–H groups in total. The number of nitrogens with one attached hydrogen (secondary N) is 1. The minimum absolute atomic E-state index is 0.123. The lowest BCUT2D eigenvalue weighted by atomic mass is 10.2. The lowest BCUT2D eigenvalue weighted by Gasteiger charge is -2.10. The summed E-state index contributed by atoms with van der Waals surface area (Å²) in [7, 11) is -7.17. The molecule has 0 atom stereocenters. The first-order valence-electron chi connectivity index (χ1n) is 5.50. The maximum atomic E-state index is 11.8. The smallest absolute Gasteiger partial charge is 0.233 e. The van der Waals surface area contributed by atoms with Crippen molar-refractivity contribution in [2.45, 2.75) is 0 Å². The van der Waals surface area contributed by atoms with E-state index in [-0.39, 0.29) is 11.5 Å². The van der Waals surface area contributed by atoms with E-state index in [0.29, 0.717) is 10.0 Å². The summed E-state index contributed by atoms with van der Waals surface area (Å²) in [5.74, 6) is -1.13. The van der Waals surface area contributed by atoms with Gasteiger partial charge in [0.15, 0.2) is 5.84 Å². The van der Waals surface area contributed by atoms with Crippen LogP contribution in [0.15, 0.2) is 27.8 Å². The Hall–Kier alpha value is -1.33. The Balaban J connectivity index is 2.93. The summed E-state index contributed by atoms with van der Waals surface area (Å²) in [5, 5.41) is 11.4. The van der Waals surface area contributed by atoms with Crippen molar-refractivity contribution >= 4 is 47.3 Å². The molecule has 0 aromatic heterocycles. The number of hydrogen-bond acceptors (Lipinski definition) is 6. The van der Waals surface area contributed by atoms with E-state index in [1.165, 1.54) is 18.2 Å². The Morgan fingerprint density at radius 2 is 1.95 bits per heavy atom. The Morgan fingerprint density at radius 3 is 2.43 bits per heavy atom. The zero-order valence-corrected chi connectivity index (χ0v) is 14.2. The number of sulfonamides is 1. The van der Waals surface area contributed by atoms with Crippen LogP contribution in [0.2, 0.25) is 0 Å². The van der Waals surface area contributed by atoms with Crippen LogP contribution in [0.25, 0.3) is 0 Å². The predicted molar refractivity (Wildman–Crippen MR) is 83.8 cm³/mol. The highest BCUT2D eigenvalue weighted by atomic mass is 79.9. The van der Waals surface area contributed by atoms with Gasteiger partial charge in [0.2, 0.25) is 10.0 Å². The van der Waals surface area contributed by atoms with Gasteiger partial charge in [-0.2, -0.15) is 0 Å². The second-order valence-corrected chi connectivity index (χ2v) is 9.19. The third-order valence-electron chi connectivity index (χ3n) is 2.36. The number of sulfone groups is 1. The Morgan fingerprint density at radius 1 is 1.33 bits per heavy atom. The SMILES string of the molecule is CS(=O)(=O)CCS(=O)(=O)Nc1ccc(/C(N)=N/O)cc1Br. The monoisotopic (exact) mass is 399 g/mol. The molecule has 0 saturated heterocycles. The van der Waals surface area contributed by atoms with E-state index in [9.17, 15) is 16.8 Å². The summed E-state index contributed by atoms with van der Waals surface area (Å²) in [4.78, 5) is 0. The van der Waals surface area contributed by atoms with Gasteiger partial charge in [0.1, 0.15) is 9.84 Å². The number of amidine groups is 1. The fourth-order valence-electron chi connectivity index (χ4n) is 1.29. The van der Waals surface area contributed by atoms with Gasteiger partial charge < -0.3 is 10.9 Å². The number of oxime groups is 1. The van der Waals surface area contributed by atoms with Crippen LogP contribution in [0.5, 0.6) is 0 Å². The lowest BCUT2D eigenvalue weighted by Crippen LogP contribution is -2.22. The molecule has 0 fully saturated rings. The van der Waals surface area contributed by atoms with Crippen molar-refractivity contribution in [1.82, 2.24) is 0 Å². The van der Waals surface area contributed by atoms with E-state index in [4.69, 9.17) is 10.9 Å². The van der Waals surface area contributed by atoms with Gasteiger partial charge in [-0.1, -0.05) is 5.16 Å². The van der Waals surface area contributed by atoms with E-state index < -0.39 is 31.4 Å². The van der Waals surface area contributed by atoms with Gasteiger partial charge in [0.25, 0.3) is 0 Å². The molecule has 1 aromatic rings. The molecule has 0 aliphatic rings. The summed E-state index contributed by atoms with van der Waals surface area (Å²) in [6.07, 6.45) is 0.963. The van der Waals surface area contributed by atoms with Gasteiger partial charge in [-0.05, 0) is 34.1 Å². The number of anilines is 1. The Labute approximate surface area is 131 Å². The number of rotatable bonds is 6. The van der Waals surface area contributed by atoms with Crippen molar-refractivity contribution in [3.63, 3.8) is 0 Å². The van der Waals surface area contributed by atoms with Crippen LogP contribution in [0.3, 0.4) is 0 Å². The Kier molecular flexibility index (Phi) is 5.59. The third-order valence-corrected chi connectivity index (χ3v) is 5.49. The van der Waals surface area contributed by atoms with Crippen LogP contribution in [0, 0.1) is 0 Å². The summed E-state index contributed by atoms with van der Waals surface area (Å²) in [6.45, 7) is 0. The van der Waals surface area contributed by atoms with E-state index in [1.807, 2.05) is 0 Å². The summed E-state index contributed by atoms with van der Waals surface area (Å²) < 4.78 is 48.2. The van der Waals surface area contributed by atoms with Crippen molar-refractivity contribution in [1.29, 1.82) is 0 Å². The molecule has 0 radical (unpaired) electrons. The molecule has 21 heavy (non-hydrogen) atoms. The average molecular weight is 400 g/mol. The first-order chi connectivity index (χ1) is 9.54. The van der Waals surface area contributed by atoms with Gasteiger partial charge in [-0.15, -0.1) is 0 Å². The van der Waals surface area contributed by atoms with Gasteiger partial charge in [-0.3, -0.25) is 4.72 Å². The molecule has 8 nitrogen and oxygen atoms in total. The number of benzene rings is 1. The number of nitrogens with two attached hydrogens (primary N) is 1. The van der Waals surface area contributed by atoms with Crippen LogP contribution >= 0.6 is 15.9 Å². The summed E-state index contributed by atoms with van der Waals surface area (Å²) in [6, 6.07) is 4.33. The molecule has 0 heterocycles. The first-order valence-corrected chi connectivity index (χ1v) is 10.0. The number of nitrogens with zero attached hydrogens (tertiary/aromatic N) is 1. The van der Waals surface area contributed by atoms with Crippen molar-refractivity contribution < 1.29 is 22.0 Å². The molecule has 0 bridgehead atoms. The zero-order chi connectivity index (χ0) is 16.3. The largest absolute Gasteiger partial charge is 0.409 e. The second kappa shape index (κ2) is 6.62. The van der Waals surface area contributed by atoms with Gasteiger partial charge in [0.05, 0.1) is 17.2 Å². The fraction of sp³-hybridized carbons (Fsp3) is 0.300. The molecule has 118 valence electrons. The average Bonchev–Trinajstić information content (AvgIpc) is 2.37. The van der Waals surface area contributed by atoms with Crippen molar-refractivity contribution in [2.24, 2.45) is 10.9 Å². The van der Waals surface area contributed by atoms with E-state index in [2.05, 4.69) is 25.8 Å². The van der Waals surface area contributed by atoms with Gasteiger partial charge in [0, 0.05) is 16.3 Å². The first kappa shape index (κ1) is 17.7. The van der Waals surface area contributed by atoms with Crippen molar-refractivity contribution in [3.05, 3.63) is 28.2 Å². The van der Waals surface area contributed by atoms with Gasteiger partial charge >= 0.3 is 0 Å². The molecule has 0 aliphatic carbocycles. The molecular weight excluding hydrogens is 386 g/mol. The van der Waals surface area contributed by atoms with Crippen molar-refractivity contribution in [3.8, 4) is 0 Å². The maximum Gasteiger partial charge on any atom is 0.233 e. The molecule has 0 saturated carbocycles. The van der Waals surface area contributed by atoms with E-state index in [0.717, 1.165) is 6.26 Å². The molecule has 0 aliphatic heterocycles. The van der Waals surface area contributed by atoms with Crippen molar-refractivity contribution in [2.75, 3.05) is 22.5 Å². The quantitative estimate of drug-likeness (QED) is 0.272. The van der Waals surface area contributed by atoms with Crippen LogP contribution in [0.4, 0.5) is 5.69 Å². The standard InChI is InChI=1S/C10H14BrN3O5S2/c1-20(16,17)4-5-21(18,19)14-9-3-2-7(6-8(9)11)10(12)13-15/h2-3,6,14-15H,4-5H2,1H3,(H2,12,13). The summed E-state index contributed by atoms with van der Waals surface area (Å²) in [5.41, 5.74) is 6.02. The molecule has 11 heteroatoms. The molecule has 0 unspecified atom stereocenters. The van der Waals surface area contributed by atoms with Crippen LogP contribution in [0.1, 0.15) is 5.56 Å². The minimum atomic E-state index is -3.80. The predicted octanol–water partition coefficient (Wildman–Crippen LogP) is 0.330. The zero-order valence-electron chi connectivity index (χ0n) is 10.9. The lowest BCUT2D eigenvalue weighted by molar-refractivity contribution is 0.318. The topological polar surface area (TPSA) is 139 Å². The second-order valence-electron chi connectivity index (χ2n) is 4.23. The van der Waals surface area contributed by atoms with E-state index >= 15 is 0 Å². The highest BCUT2D eigenvalue weighted by Gasteiger charge is 2.16. The number of hydrogen-bond donors (Lipinski definition) is 3. The molecule has 0 amide bonds. The molecule has 0 spiro atoms. The highest BCUT2D eigenvalue weighted by Crippen LogP contribution is 2.24. The molecule has 1 aromatic carbocycles. The molecule has 1 rings (SSSR count).